The number of benzene rings is 1. The second-order valence-electron chi connectivity index (χ2n) is 2.50. The lowest BCUT2D eigenvalue weighted by atomic mass is 10.2. The third-order valence-corrected chi connectivity index (χ3v) is 1.49. The van der Waals surface area contributed by atoms with Crippen molar-refractivity contribution in [3.8, 4) is 0 Å². The molecule has 14 heavy (non-hydrogen) atoms. The van der Waals surface area contributed by atoms with Crippen LogP contribution in [0.1, 0.15) is 5.56 Å². The summed E-state index contributed by atoms with van der Waals surface area (Å²) in [6.45, 7) is 0. The Balaban J connectivity index is 3.09. The highest BCUT2D eigenvalue weighted by molar-refractivity contribution is 5.45. The molecule has 0 radical (unpaired) electrons. The first-order valence-corrected chi connectivity index (χ1v) is 3.61. The Morgan fingerprint density at radius 1 is 1.29 bits per heavy atom. The first-order valence-electron chi connectivity index (χ1n) is 3.61. The van der Waals surface area contributed by atoms with Gasteiger partial charge in [0.25, 0.3) is 0 Å². The first kappa shape index (κ1) is 10.8. The van der Waals surface area contributed by atoms with E-state index in [0.717, 1.165) is 12.1 Å². The number of halogens is 4. The van der Waals surface area contributed by atoms with Crippen LogP contribution in [0.3, 0.4) is 0 Å². The molecule has 6 heteroatoms. The zero-order valence-electron chi connectivity index (χ0n) is 7.15. The average Bonchev–Trinajstić information content (AvgIpc) is 2.07. The van der Waals surface area contributed by atoms with Gasteiger partial charge in [0.1, 0.15) is 5.82 Å². The molecular formula is C8H7F4NO. The van der Waals surface area contributed by atoms with Crippen LogP contribution in [0.15, 0.2) is 18.2 Å². The van der Waals surface area contributed by atoms with Crippen molar-refractivity contribution in [3.63, 3.8) is 0 Å². The van der Waals surface area contributed by atoms with Gasteiger partial charge in [-0.2, -0.15) is 13.2 Å². The molecule has 0 aliphatic carbocycles. The van der Waals surface area contributed by atoms with Crippen molar-refractivity contribution in [3.05, 3.63) is 29.6 Å². The highest BCUT2D eigenvalue weighted by atomic mass is 19.4. The van der Waals surface area contributed by atoms with Crippen LogP contribution >= 0.6 is 0 Å². The van der Waals surface area contributed by atoms with E-state index in [4.69, 9.17) is 0 Å². The van der Waals surface area contributed by atoms with Gasteiger partial charge in [0, 0.05) is 0 Å². The maximum atomic E-state index is 12.7. The van der Waals surface area contributed by atoms with Gasteiger partial charge in [-0.1, -0.05) is 0 Å². The molecule has 78 valence electrons. The van der Waals surface area contributed by atoms with Gasteiger partial charge in [0.15, 0.2) is 0 Å². The van der Waals surface area contributed by atoms with Gasteiger partial charge in [-0.25, -0.2) is 4.39 Å². The Hall–Kier alpha value is -1.30. The molecule has 1 aromatic rings. The largest absolute Gasteiger partial charge is 0.419 e. The first-order chi connectivity index (χ1) is 6.45. The van der Waals surface area contributed by atoms with Gasteiger partial charge in [0.2, 0.25) is 0 Å². The van der Waals surface area contributed by atoms with E-state index >= 15 is 0 Å². The molecule has 0 aliphatic rings. The van der Waals surface area contributed by atoms with Crippen molar-refractivity contribution in [1.82, 2.24) is 0 Å². The van der Waals surface area contributed by atoms with E-state index in [0.29, 0.717) is 6.07 Å². The van der Waals surface area contributed by atoms with Crippen molar-refractivity contribution in [1.29, 1.82) is 0 Å². The summed E-state index contributed by atoms with van der Waals surface area (Å²) >= 11 is 0. The standard InChI is InChI=1S/C8H7F4NO/c1-14-13-5-2-3-7(9)6(4-5)8(10,11)12/h2-4,13H,1H3. The van der Waals surface area contributed by atoms with Gasteiger partial charge >= 0.3 is 6.18 Å². The van der Waals surface area contributed by atoms with Crippen LogP contribution in [-0.2, 0) is 11.0 Å². The topological polar surface area (TPSA) is 21.3 Å². The van der Waals surface area contributed by atoms with Gasteiger partial charge in [-0.3, -0.25) is 10.3 Å². The van der Waals surface area contributed by atoms with Gasteiger partial charge in [0.05, 0.1) is 18.4 Å². The van der Waals surface area contributed by atoms with Gasteiger partial charge in [-0.15, -0.1) is 0 Å². The second kappa shape index (κ2) is 3.83. The van der Waals surface area contributed by atoms with Crippen molar-refractivity contribution >= 4 is 5.69 Å². The van der Waals surface area contributed by atoms with Crippen LogP contribution in [0, 0.1) is 5.82 Å². The molecule has 0 amide bonds. The van der Waals surface area contributed by atoms with E-state index in [-0.39, 0.29) is 5.69 Å². The van der Waals surface area contributed by atoms with E-state index in [9.17, 15) is 17.6 Å². The molecular weight excluding hydrogens is 202 g/mol. The van der Waals surface area contributed by atoms with E-state index < -0.39 is 17.6 Å². The lowest BCUT2D eigenvalue weighted by molar-refractivity contribution is -0.139. The summed E-state index contributed by atoms with van der Waals surface area (Å²) in [5.74, 6) is -1.31. The molecule has 0 atom stereocenters. The lowest BCUT2D eigenvalue weighted by Gasteiger charge is -2.10. The highest BCUT2D eigenvalue weighted by Gasteiger charge is 2.34. The summed E-state index contributed by atoms with van der Waals surface area (Å²) < 4.78 is 49.2. The molecule has 0 fully saturated rings. The Morgan fingerprint density at radius 2 is 1.93 bits per heavy atom. The SMILES string of the molecule is CONc1ccc(F)c(C(F)(F)F)c1. The number of hydrogen-bond acceptors (Lipinski definition) is 2. The normalized spacial score (nSPS) is 11.5. The predicted molar refractivity (Wildman–Crippen MR) is 42.0 cm³/mol. The predicted octanol–water partition coefficient (Wildman–Crippen LogP) is 2.82. The summed E-state index contributed by atoms with van der Waals surface area (Å²) in [6.07, 6.45) is -4.70. The fraction of sp³-hybridized carbons (Fsp3) is 0.250. The maximum Gasteiger partial charge on any atom is 0.419 e. The molecule has 0 aromatic heterocycles. The Morgan fingerprint density at radius 3 is 2.43 bits per heavy atom. The van der Waals surface area contributed by atoms with Crippen LogP contribution in [0.2, 0.25) is 0 Å². The van der Waals surface area contributed by atoms with Crippen molar-refractivity contribution < 1.29 is 22.4 Å². The van der Waals surface area contributed by atoms with Crippen molar-refractivity contribution in [2.45, 2.75) is 6.18 Å². The summed E-state index contributed by atoms with van der Waals surface area (Å²) in [4.78, 5) is 4.40. The van der Waals surface area contributed by atoms with Crippen LogP contribution < -0.4 is 5.48 Å². The van der Waals surface area contributed by atoms with Crippen molar-refractivity contribution in [2.75, 3.05) is 12.6 Å². The minimum absolute atomic E-state index is 0.0428. The number of hydrogen-bond donors (Lipinski definition) is 1. The summed E-state index contributed by atoms with van der Waals surface area (Å²) in [7, 11) is 1.25. The lowest BCUT2D eigenvalue weighted by Crippen LogP contribution is -2.09. The maximum absolute atomic E-state index is 12.7. The number of anilines is 1. The van der Waals surface area contributed by atoms with E-state index in [1.54, 1.807) is 0 Å². The molecule has 1 aromatic carbocycles. The minimum atomic E-state index is -4.70. The number of rotatable bonds is 2. The molecule has 0 heterocycles. The molecule has 0 saturated heterocycles. The third-order valence-electron chi connectivity index (χ3n) is 1.49. The van der Waals surface area contributed by atoms with Crippen LogP contribution in [-0.4, -0.2) is 7.11 Å². The van der Waals surface area contributed by atoms with E-state index in [1.807, 2.05) is 0 Å². The molecule has 2 nitrogen and oxygen atoms in total. The average molecular weight is 209 g/mol. The third kappa shape index (κ3) is 2.35. The molecule has 0 unspecified atom stereocenters. The van der Waals surface area contributed by atoms with Gasteiger partial charge in [-0.05, 0) is 18.2 Å². The molecule has 1 rings (SSSR count). The molecule has 1 N–H and O–H groups in total. The molecule has 0 aliphatic heterocycles. The van der Waals surface area contributed by atoms with Crippen LogP contribution in [0.5, 0.6) is 0 Å². The fourth-order valence-electron chi connectivity index (χ4n) is 0.924. The van der Waals surface area contributed by atoms with Crippen LogP contribution in [0.25, 0.3) is 0 Å². The van der Waals surface area contributed by atoms with E-state index in [2.05, 4.69) is 10.3 Å². The van der Waals surface area contributed by atoms with Crippen molar-refractivity contribution in [2.24, 2.45) is 0 Å². The summed E-state index contributed by atoms with van der Waals surface area (Å²) in [6, 6.07) is 2.51. The quantitative estimate of drug-likeness (QED) is 0.597. The fourth-order valence-corrected chi connectivity index (χ4v) is 0.924. The molecule has 0 bridgehead atoms. The Labute approximate surface area is 77.4 Å². The second-order valence-corrected chi connectivity index (χ2v) is 2.50. The van der Waals surface area contributed by atoms with Crippen LogP contribution in [0.4, 0.5) is 23.2 Å². The molecule has 0 spiro atoms. The smallest absolute Gasteiger partial charge is 0.279 e. The Kier molecular flexibility index (Phi) is 2.95. The highest BCUT2D eigenvalue weighted by Crippen LogP contribution is 2.32. The number of nitrogens with one attached hydrogen (secondary N) is 1. The zero-order valence-corrected chi connectivity index (χ0v) is 7.15. The Bertz CT molecular complexity index is 324. The number of alkyl halides is 3. The molecule has 0 saturated carbocycles. The van der Waals surface area contributed by atoms with E-state index in [1.165, 1.54) is 7.11 Å². The summed E-state index contributed by atoms with van der Waals surface area (Å²) in [5, 5.41) is 0. The summed E-state index contributed by atoms with van der Waals surface area (Å²) in [5.41, 5.74) is 0.903. The zero-order chi connectivity index (χ0) is 10.8. The van der Waals surface area contributed by atoms with Gasteiger partial charge < -0.3 is 0 Å². The monoisotopic (exact) mass is 209 g/mol. The minimum Gasteiger partial charge on any atom is -0.279 e.